The highest BCUT2D eigenvalue weighted by atomic mass is 35.5. The highest BCUT2D eigenvalue weighted by molar-refractivity contribution is 5.85. The maximum Gasteiger partial charge on any atom is 0.222 e. The van der Waals surface area contributed by atoms with E-state index in [9.17, 15) is 9.18 Å². The van der Waals surface area contributed by atoms with Crippen molar-refractivity contribution in [2.45, 2.75) is 63.8 Å². The third-order valence-electron chi connectivity index (χ3n) is 5.89. The van der Waals surface area contributed by atoms with Crippen LogP contribution in [0.4, 0.5) is 4.39 Å². The molecule has 1 N–H and O–H groups in total. The highest BCUT2D eigenvalue weighted by Crippen LogP contribution is 2.26. The molecule has 26 heavy (non-hydrogen) atoms. The summed E-state index contributed by atoms with van der Waals surface area (Å²) >= 11 is 0. The number of piperidine rings is 1. The third kappa shape index (κ3) is 5.95. The molecule has 1 aliphatic carbocycles. The Balaban J connectivity index is 0.00000243. The third-order valence-corrected chi connectivity index (χ3v) is 5.89. The van der Waals surface area contributed by atoms with Crippen molar-refractivity contribution in [3.05, 3.63) is 35.6 Å². The van der Waals surface area contributed by atoms with Crippen LogP contribution in [0.2, 0.25) is 0 Å². The number of hydrogen-bond acceptors (Lipinski definition) is 2. The zero-order valence-electron chi connectivity index (χ0n) is 15.6. The van der Waals surface area contributed by atoms with Crippen LogP contribution in [-0.2, 0) is 11.2 Å². The van der Waals surface area contributed by atoms with Gasteiger partial charge in [-0.05, 0) is 69.2 Å². The molecule has 1 saturated carbocycles. The van der Waals surface area contributed by atoms with Crippen LogP contribution >= 0.6 is 12.4 Å². The summed E-state index contributed by atoms with van der Waals surface area (Å²) in [5.41, 5.74) is 0.719. The average molecular weight is 383 g/mol. The van der Waals surface area contributed by atoms with Gasteiger partial charge < -0.3 is 10.2 Å². The highest BCUT2D eigenvalue weighted by Gasteiger charge is 2.27. The Morgan fingerprint density at radius 1 is 1.12 bits per heavy atom. The monoisotopic (exact) mass is 382 g/mol. The molecule has 1 aromatic rings. The predicted octanol–water partition coefficient (Wildman–Crippen LogP) is 4.34. The summed E-state index contributed by atoms with van der Waals surface area (Å²) in [6.45, 7) is 2.81. The Kier molecular flexibility index (Phi) is 8.86. The molecule has 1 amide bonds. The lowest BCUT2D eigenvalue weighted by atomic mass is 9.93. The molecule has 0 radical (unpaired) electrons. The van der Waals surface area contributed by atoms with Gasteiger partial charge in [-0.15, -0.1) is 12.4 Å². The summed E-state index contributed by atoms with van der Waals surface area (Å²) in [6, 6.07) is 7.30. The van der Waals surface area contributed by atoms with Crippen LogP contribution in [0.5, 0.6) is 0 Å². The first kappa shape index (κ1) is 21.2. The topological polar surface area (TPSA) is 32.3 Å². The molecule has 3 rings (SSSR count). The molecular weight excluding hydrogens is 351 g/mol. The summed E-state index contributed by atoms with van der Waals surface area (Å²) in [4.78, 5) is 15.0. The second kappa shape index (κ2) is 10.9. The van der Waals surface area contributed by atoms with Gasteiger partial charge in [0.25, 0.3) is 0 Å². The molecule has 0 aromatic heterocycles. The molecule has 2 aliphatic rings. The minimum Gasteiger partial charge on any atom is -0.339 e. The molecule has 1 saturated heterocycles. The van der Waals surface area contributed by atoms with Crippen molar-refractivity contribution in [2.75, 3.05) is 19.6 Å². The number of carbonyl (C=O) groups excluding carboxylic acids is 1. The second-order valence-corrected chi connectivity index (χ2v) is 7.60. The van der Waals surface area contributed by atoms with E-state index in [2.05, 4.69) is 10.2 Å². The zero-order valence-corrected chi connectivity index (χ0v) is 16.4. The minimum atomic E-state index is -0.156. The largest absolute Gasteiger partial charge is 0.339 e. The van der Waals surface area contributed by atoms with E-state index in [1.807, 2.05) is 12.1 Å². The summed E-state index contributed by atoms with van der Waals surface area (Å²) in [5, 5.41) is 3.38. The van der Waals surface area contributed by atoms with Crippen molar-refractivity contribution < 1.29 is 9.18 Å². The van der Waals surface area contributed by atoms with Gasteiger partial charge in [-0.2, -0.15) is 0 Å². The number of amides is 1. The molecule has 2 fully saturated rings. The van der Waals surface area contributed by atoms with E-state index in [-0.39, 0.29) is 24.1 Å². The lowest BCUT2D eigenvalue weighted by Gasteiger charge is -2.30. The van der Waals surface area contributed by atoms with E-state index in [0.717, 1.165) is 37.9 Å². The van der Waals surface area contributed by atoms with Gasteiger partial charge in [-0.25, -0.2) is 4.39 Å². The Labute approximate surface area is 163 Å². The summed E-state index contributed by atoms with van der Waals surface area (Å²) in [6.07, 6.45) is 9.28. The van der Waals surface area contributed by atoms with Gasteiger partial charge >= 0.3 is 0 Å². The van der Waals surface area contributed by atoms with Crippen molar-refractivity contribution in [3.63, 3.8) is 0 Å². The number of carbonyl (C=O) groups is 1. The Morgan fingerprint density at radius 2 is 1.81 bits per heavy atom. The first-order chi connectivity index (χ1) is 12.2. The van der Waals surface area contributed by atoms with Crippen molar-refractivity contribution in [1.29, 1.82) is 0 Å². The van der Waals surface area contributed by atoms with Crippen LogP contribution in [0.25, 0.3) is 0 Å². The molecule has 1 aliphatic heterocycles. The summed E-state index contributed by atoms with van der Waals surface area (Å²) in [7, 11) is 0. The van der Waals surface area contributed by atoms with Crippen molar-refractivity contribution in [3.8, 4) is 0 Å². The van der Waals surface area contributed by atoms with E-state index in [1.54, 1.807) is 6.07 Å². The van der Waals surface area contributed by atoms with Gasteiger partial charge in [-0.1, -0.05) is 31.0 Å². The van der Waals surface area contributed by atoms with E-state index in [4.69, 9.17) is 0 Å². The number of nitrogens with one attached hydrogen (secondary N) is 1. The zero-order chi connectivity index (χ0) is 17.5. The van der Waals surface area contributed by atoms with Gasteiger partial charge in [-0.3, -0.25) is 4.79 Å². The fraction of sp³-hybridized carbons (Fsp3) is 0.667. The number of rotatable bonds is 7. The maximum atomic E-state index is 13.9. The molecule has 1 aromatic carbocycles. The van der Waals surface area contributed by atoms with Crippen molar-refractivity contribution in [1.82, 2.24) is 10.2 Å². The lowest BCUT2D eigenvalue weighted by Crippen LogP contribution is -2.40. The SMILES string of the molecule is Cl.O=C(CCC1CCNCC1)N(CCc1ccccc1F)C1CCCC1. The standard InChI is InChI=1S/C21H31FN2O.ClH/c22-20-8-4-1-5-18(20)13-16-24(19-6-2-3-7-19)21(25)10-9-17-11-14-23-15-12-17;/h1,4-5,8,17,19,23H,2-3,6-7,9-16H2;1H. The van der Waals surface area contributed by atoms with Gasteiger partial charge in [0.1, 0.15) is 5.82 Å². The minimum absolute atomic E-state index is 0. The molecule has 0 bridgehead atoms. The quantitative estimate of drug-likeness (QED) is 0.760. The van der Waals surface area contributed by atoms with E-state index < -0.39 is 0 Å². The van der Waals surface area contributed by atoms with Gasteiger partial charge in [0.15, 0.2) is 0 Å². The predicted molar refractivity (Wildman–Crippen MR) is 106 cm³/mol. The molecule has 1 heterocycles. The molecule has 0 spiro atoms. The number of halogens is 2. The van der Waals surface area contributed by atoms with E-state index in [1.165, 1.54) is 31.7 Å². The molecule has 5 heteroatoms. The van der Waals surface area contributed by atoms with Crippen LogP contribution in [0.15, 0.2) is 24.3 Å². The number of hydrogen-bond donors (Lipinski definition) is 1. The molecular formula is C21H32ClFN2O. The first-order valence-electron chi connectivity index (χ1n) is 9.97. The van der Waals surface area contributed by atoms with Crippen LogP contribution in [0.1, 0.15) is 56.9 Å². The molecule has 0 atom stereocenters. The average Bonchev–Trinajstić information content (AvgIpc) is 3.17. The Hall–Kier alpha value is -1.13. The summed E-state index contributed by atoms with van der Waals surface area (Å²) < 4.78 is 13.9. The molecule has 0 unspecified atom stereocenters. The lowest BCUT2D eigenvalue weighted by molar-refractivity contribution is -0.133. The normalized spacial score (nSPS) is 18.5. The van der Waals surface area contributed by atoms with E-state index >= 15 is 0 Å². The van der Waals surface area contributed by atoms with Crippen LogP contribution in [0.3, 0.4) is 0 Å². The van der Waals surface area contributed by atoms with Crippen molar-refractivity contribution in [2.24, 2.45) is 5.92 Å². The molecule has 146 valence electrons. The van der Waals surface area contributed by atoms with Crippen LogP contribution in [0, 0.1) is 11.7 Å². The second-order valence-electron chi connectivity index (χ2n) is 7.60. The molecule has 3 nitrogen and oxygen atoms in total. The van der Waals surface area contributed by atoms with Gasteiger partial charge in [0, 0.05) is 19.0 Å². The fourth-order valence-electron chi connectivity index (χ4n) is 4.31. The first-order valence-corrected chi connectivity index (χ1v) is 9.97. The van der Waals surface area contributed by atoms with E-state index in [0.29, 0.717) is 31.3 Å². The van der Waals surface area contributed by atoms with Gasteiger partial charge in [0.2, 0.25) is 5.91 Å². The smallest absolute Gasteiger partial charge is 0.222 e. The summed E-state index contributed by atoms with van der Waals surface area (Å²) in [5.74, 6) is 0.806. The van der Waals surface area contributed by atoms with Crippen LogP contribution in [-0.4, -0.2) is 36.5 Å². The number of nitrogens with zero attached hydrogens (tertiary/aromatic N) is 1. The fourth-order valence-corrected chi connectivity index (χ4v) is 4.31. The maximum absolute atomic E-state index is 13.9. The van der Waals surface area contributed by atoms with Crippen LogP contribution < -0.4 is 5.32 Å². The Bertz CT molecular complexity index is 557. The van der Waals surface area contributed by atoms with Gasteiger partial charge in [0.05, 0.1) is 0 Å². The van der Waals surface area contributed by atoms with Crippen molar-refractivity contribution >= 4 is 18.3 Å². The Morgan fingerprint density at radius 3 is 2.50 bits per heavy atom. The number of benzene rings is 1.